The topological polar surface area (TPSA) is 90.4 Å². The Morgan fingerprint density at radius 1 is 1.21 bits per heavy atom. The van der Waals surface area contributed by atoms with Crippen molar-refractivity contribution in [3.63, 3.8) is 0 Å². The first-order valence-electron chi connectivity index (χ1n) is 9.49. The smallest absolute Gasteiger partial charge is 0.258 e. The van der Waals surface area contributed by atoms with Crippen LogP contribution in [0.3, 0.4) is 0 Å². The molecule has 2 aliphatic rings. The maximum atomic E-state index is 12.8. The minimum atomic E-state index is -0.301. The van der Waals surface area contributed by atoms with Crippen LogP contribution in [-0.4, -0.2) is 45.0 Å². The van der Waals surface area contributed by atoms with Crippen molar-refractivity contribution in [2.75, 3.05) is 32.4 Å². The summed E-state index contributed by atoms with van der Waals surface area (Å²) >= 11 is 0. The quantitative estimate of drug-likeness (QED) is 0.596. The number of fused-ring (bicyclic) bond motifs is 1. The number of hydrogen-bond acceptors (Lipinski definition) is 6. The Morgan fingerprint density at radius 2 is 2.10 bits per heavy atom. The molecule has 1 amide bonds. The number of carbonyl (C=O) groups excluding carboxylic acids is 1. The van der Waals surface area contributed by atoms with Crippen LogP contribution in [0.15, 0.2) is 47.5 Å². The van der Waals surface area contributed by atoms with Crippen LogP contribution in [0, 0.1) is 0 Å². The van der Waals surface area contributed by atoms with Crippen molar-refractivity contribution in [1.29, 1.82) is 0 Å². The Morgan fingerprint density at radius 3 is 2.93 bits per heavy atom. The summed E-state index contributed by atoms with van der Waals surface area (Å²) in [7, 11) is 1.60. The van der Waals surface area contributed by atoms with Crippen LogP contribution >= 0.6 is 0 Å². The summed E-state index contributed by atoms with van der Waals surface area (Å²) in [5, 5.41) is 6.00. The highest BCUT2D eigenvalue weighted by molar-refractivity contribution is 6.10. The van der Waals surface area contributed by atoms with E-state index in [1.165, 1.54) is 0 Å². The van der Waals surface area contributed by atoms with Gasteiger partial charge in [-0.25, -0.2) is 4.99 Å². The van der Waals surface area contributed by atoms with E-state index in [9.17, 15) is 4.79 Å². The molecule has 1 saturated heterocycles. The molecule has 0 bridgehead atoms. The lowest BCUT2D eigenvalue weighted by Gasteiger charge is -2.14. The highest BCUT2D eigenvalue weighted by Gasteiger charge is 2.18. The zero-order valence-corrected chi connectivity index (χ0v) is 16.1. The summed E-state index contributed by atoms with van der Waals surface area (Å²) in [6, 6.07) is 12.5. The number of amides is 1. The number of anilines is 1. The van der Waals surface area contributed by atoms with Gasteiger partial charge in [-0.15, -0.1) is 0 Å². The van der Waals surface area contributed by atoms with Gasteiger partial charge in [0, 0.05) is 23.9 Å². The number of carbonyl (C=O) groups is 1. The van der Waals surface area contributed by atoms with Crippen LogP contribution in [0.2, 0.25) is 0 Å². The second-order valence-corrected chi connectivity index (χ2v) is 6.70. The first-order valence-corrected chi connectivity index (χ1v) is 9.49. The average Bonchev–Trinajstić information content (AvgIpc) is 3.43. The number of hydrogen-bond donors (Lipinski definition) is 2. The van der Waals surface area contributed by atoms with E-state index in [4.69, 9.17) is 18.9 Å². The number of guanidine groups is 1. The van der Waals surface area contributed by atoms with Gasteiger partial charge >= 0.3 is 0 Å². The molecular weight excluding hydrogens is 374 g/mol. The lowest BCUT2D eigenvalue weighted by atomic mass is 10.2. The summed E-state index contributed by atoms with van der Waals surface area (Å²) in [6.07, 6.45) is 2.06. The van der Waals surface area contributed by atoms with Gasteiger partial charge in [-0.2, -0.15) is 0 Å². The van der Waals surface area contributed by atoms with Crippen molar-refractivity contribution in [1.82, 2.24) is 5.32 Å². The molecule has 29 heavy (non-hydrogen) atoms. The van der Waals surface area contributed by atoms with Crippen LogP contribution in [0.5, 0.6) is 17.2 Å². The molecule has 0 spiro atoms. The number of methoxy groups -OCH3 is 1. The number of ether oxygens (including phenoxy) is 4. The molecule has 4 rings (SSSR count). The predicted octanol–water partition coefficient (Wildman–Crippen LogP) is 2.80. The van der Waals surface area contributed by atoms with Crippen molar-refractivity contribution in [2.24, 2.45) is 4.99 Å². The predicted molar refractivity (Wildman–Crippen MR) is 108 cm³/mol. The average molecular weight is 397 g/mol. The summed E-state index contributed by atoms with van der Waals surface area (Å²) in [6.45, 7) is 1.38. The zero-order chi connectivity index (χ0) is 20.1. The highest BCUT2D eigenvalue weighted by atomic mass is 16.7. The van der Waals surface area contributed by atoms with Gasteiger partial charge in [0.2, 0.25) is 12.8 Å². The molecule has 2 heterocycles. The lowest BCUT2D eigenvalue weighted by molar-refractivity contribution is 0.0975. The van der Waals surface area contributed by atoms with Crippen molar-refractivity contribution >= 4 is 17.6 Å². The summed E-state index contributed by atoms with van der Waals surface area (Å²) in [5.74, 6) is 1.93. The molecule has 0 aromatic heterocycles. The van der Waals surface area contributed by atoms with Crippen LogP contribution < -0.4 is 24.8 Å². The van der Waals surface area contributed by atoms with Crippen molar-refractivity contribution < 1.29 is 23.7 Å². The molecule has 8 nitrogen and oxygen atoms in total. The molecule has 0 radical (unpaired) electrons. The third kappa shape index (κ3) is 4.78. The Bertz CT molecular complexity index is 909. The number of rotatable bonds is 5. The van der Waals surface area contributed by atoms with E-state index in [0.717, 1.165) is 25.1 Å². The van der Waals surface area contributed by atoms with Gasteiger partial charge in [0.05, 0.1) is 19.8 Å². The molecular formula is C21H23N3O5. The van der Waals surface area contributed by atoms with E-state index >= 15 is 0 Å². The standard InChI is InChI=1S/C21H23N3O5/c1-26-16-5-2-4-15(11-16)23-21(22-12-17-6-3-9-27-17)24-20(25)14-7-8-18-19(10-14)29-13-28-18/h2,4-5,7-8,10-11,17H,3,6,9,12-13H2,1H3,(H2,22,23,24,25). The largest absolute Gasteiger partial charge is 0.497 e. The Hall–Kier alpha value is -3.26. The molecule has 0 aliphatic carbocycles. The lowest BCUT2D eigenvalue weighted by Crippen LogP contribution is -2.36. The number of benzene rings is 2. The minimum Gasteiger partial charge on any atom is -0.497 e. The van der Waals surface area contributed by atoms with E-state index in [1.807, 2.05) is 24.3 Å². The van der Waals surface area contributed by atoms with Gasteiger partial charge in [-0.05, 0) is 43.2 Å². The molecule has 1 atom stereocenters. The molecule has 1 fully saturated rings. The van der Waals surface area contributed by atoms with Crippen molar-refractivity contribution in [3.8, 4) is 17.2 Å². The van der Waals surface area contributed by atoms with Gasteiger partial charge < -0.3 is 24.3 Å². The number of nitrogens with one attached hydrogen (secondary N) is 2. The molecule has 2 N–H and O–H groups in total. The molecule has 8 heteroatoms. The van der Waals surface area contributed by atoms with Crippen LogP contribution in [0.25, 0.3) is 0 Å². The monoisotopic (exact) mass is 397 g/mol. The van der Waals surface area contributed by atoms with Gasteiger partial charge in [0.25, 0.3) is 5.91 Å². The fraction of sp³-hybridized carbons (Fsp3) is 0.333. The second-order valence-electron chi connectivity index (χ2n) is 6.70. The Labute approximate surface area is 168 Å². The molecule has 2 aromatic carbocycles. The second kappa shape index (κ2) is 8.83. The molecule has 0 saturated carbocycles. The fourth-order valence-electron chi connectivity index (χ4n) is 3.15. The minimum absolute atomic E-state index is 0.0690. The van der Waals surface area contributed by atoms with E-state index < -0.39 is 0 Å². The normalized spacial score (nSPS) is 17.8. The van der Waals surface area contributed by atoms with Crippen molar-refractivity contribution in [3.05, 3.63) is 48.0 Å². The summed E-state index contributed by atoms with van der Waals surface area (Å²) in [5.41, 5.74) is 1.20. The molecule has 2 aliphatic heterocycles. The first-order chi connectivity index (χ1) is 14.2. The molecule has 152 valence electrons. The van der Waals surface area contributed by atoms with Gasteiger partial charge in [-0.3, -0.25) is 10.1 Å². The highest BCUT2D eigenvalue weighted by Crippen LogP contribution is 2.32. The maximum Gasteiger partial charge on any atom is 0.258 e. The number of nitrogens with zero attached hydrogens (tertiary/aromatic N) is 1. The summed E-state index contributed by atoms with van der Waals surface area (Å²) < 4.78 is 21.5. The van der Waals surface area contributed by atoms with Crippen LogP contribution in [-0.2, 0) is 4.74 Å². The number of aliphatic imine (C=N–C) groups is 1. The van der Waals surface area contributed by atoms with Gasteiger partial charge in [-0.1, -0.05) is 6.07 Å². The van der Waals surface area contributed by atoms with E-state index in [1.54, 1.807) is 25.3 Å². The molecule has 2 aromatic rings. The Kier molecular flexibility index (Phi) is 5.81. The van der Waals surface area contributed by atoms with Crippen LogP contribution in [0.4, 0.5) is 5.69 Å². The third-order valence-electron chi connectivity index (χ3n) is 4.68. The third-order valence-corrected chi connectivity index (χ3v) is 4.68. The molecule has 1 unspecified atom stereocenters. The van der Waals surface area contributed by atoms with Gasteiger partial charge in [0.15, 0.2) is 11.5 Å². The SMILES string of the molecule is COc1cccc(NC(=NCC2CCCO2)NC(=O)c2ccc3c(c2)OCO3)c1. The van der Waals surface area contributed by atoms with Crippen molar-refractivity contribution in [2.45, 2.75) is 18.9 Å². The first kappa shape index (κ1) is 19.1. The van der Waals surface area contributed by atoms with E-state index in [2.05, 4.69) is 15.6 Å². The zero-order valence-electron chi connectivity index (χ0n) is 16.1. The Balaban J connectivity index is 1.50. The maximum absolute atomic E-state index is 12.8. The van der Waals surface area contributed by atoms with Gasteiger partial charge in [0.1, 0.15) is 5.75 Å². The van der Waals surface area contributed by atoms with Crippen LogP contribution in [0.1, 0.15) is 23.2 Å². The van der Waals surface area contributed by atoms with E-state index in [-0.39, 0.29) is 18.8 Å². The summed E-state index contributed by atoms with van der Waals surface area (Å²) in [4.78, 5) is 17.3. The fourth-order valence-corrected chi connectivity index (χ4v) is 3.15. The van der Waals surface area contributed by atoms with E-state index in [0.29, 0.717) is 35.3 Å².